The summed E-state index contributed by atoms with van der Waals surface area (Å²) in [6.45, 7) is 5.18. The van der Waals surface area contributed by atoms with E-state index >= 15 is 0 Å². The molecule has 172 valence electrons. The van der Waals surface area contributed by atoms with Crippen molar-refractivity contribution < 1.29 is 0 Å². The van der Waals surface area contributed by atoms with Crippen molar-refractivity contribution in [2.75, 3.05) is 18.0 Å². The molecule has 0 N–H and O–H groups in total. The van der Waals surface area contributed by atoms with E-state index in [0.29, 0.717) is 23.7 Å². The van der Waals surface area contributed by atoms with E-state index in [1.54, 1.807) is 6.33 Å². The Kier molecular flexibility index (Phi) is 5.57. The Morgan fingerprint density at radius 2 is 1.79 bits per heavy atom. The fraction of sp³-hybridized carbons (Fsp3) is 0.538. The zero-order chi connectivity index (χ0) is 22.4. The second-order valence-corrected chi connectivity index (χ2v) is 10.5. The molecule has 0 spiro atoms. The second kappa shape index (κ2) is 8.71. The fourth-order valence-electron chi connectivity index (χ4n) is 6.34. The van der Waals surface area contributed by atoms with Gasteiger partial charge in [0.25, 0.3) is 0 Å². The number of hydrogen-bond acceptors (Lipinski definition) is 5. The highest BCUT2D eigenvalue weighted by Gasteiger charge is 2.43. The van der Waals surface area contributed by atoms with Crippen LogP contribution in [-0.4, -0.2) is 37.8 Å². The maximum absolute atomic E-state index is 6.14. The minimum atomic E-state index is 0.311. The van der Waals surface area contributed by atoms with Crippen LogP contribution in [0.3, 0.4) is 0 Å². The molecule has 1 aliphatic carbocycles. The van der Waals surface area contributed by atoms with E-state index in [4.69, 9.17) is 21.7 Å². The molecule has 0 radical (unpaired) electrons. The summed E-state index contributed by atoms with van der Waals surface area (Å²) < 4.78 is 2.20. The van der Waals surface area contributed by atoms with Gasteiger partial charge in [-0.25, -0.2) is 19.6 Å². The monoisotopic (exact) mass is 462 g/mol. The number of rotatable bonds is 4. The van der Waals surface area contributed by atoms with Gasteiger partial charge in [0.1, 0.15) is 18.0 Å². The topological polar surface area (TPSA) is 59.7 Å². The Morgan fingerprint density at radius 1 is 1.00 bits per heavy atom. The smallest absolute Gasteiger partial charge is 0.151 e. The minimum Gasteiger partial charge on any atom is -0.356 e. The maximum Gasteiger partial charge on any atom is 0.151 e. The lowest BCUT2D eigenvalue weighted by Crippen LogP contribution is -2.43. The van der Waals surface area contributed by atoms with Crippen molar-refractivity contribution in [2.24, 2.45) is 17.8 Å². The lowest BCUT2D eigenvalue weighted by atomic mass is 9.82. The second-order valence-electron chi connectivity index (χ2n) is 10.1. The van der Waals surface area contributed by atoms with Gasteiger partial charge >= 0.3 is 0 Å². The first kappa shape index (κ1) is 21.1. The molecule has 1 saturated heterocycles. The van der Waals surface area contributed by atoms with E-state index < -0.39 is 0 Å². The maximum atomic E-state index is 6.14. The van der Waals surface area contributed by atoms with Gasteiger partial charge in [-0.15, -0.1) is 0 Å². The van der Waals surface area contributed by atoms with Gasteiger partial charge < -0.3 is 4.90 Å². The number of fused-ring (bicyclic) bond motifs is 3. The average Bonchev–Trinajstić information content (AvgIpc) is 3.22. The van der Waals surface area contributed by atoms with Crippen molar-refractivity contribution in [3.8, 4) is 0 Å². The Labute approximate surface area is 200 Å². The van der Waals surface area contributed by atoms with Crippen LogP contribution in [0.5, 0.6) is 0 Å². The summed E-state index contributed by atoms with van der Waals surface area (Å²) >= 11 is 6.14. The van der Waals surface area contributed by atoms with Crippen molar-refractivity contribution >= 4 is 17.4 Å². The van der Waals surface area contributed by atoms with Crippen LogP contribution in [0.1, 0.15) is 60.9 Å². The first-order valence-electron chi connectivity index (χ1n) is 12.4. The molecule has 6 nitrogen and oxygen atoms in total. The lowest BCUT2D eigenvalue weighted by Gasteiger charge is -2.38. The van der Waals surface area contributed by atoms with Crippen molar-refractivity contribution in [1.29, 1.82) is 0 Å². The molecule has 33 heavy (non-hydrogen) atoms. The number of anilines is 1. The van der Waals surface area contributed by atoms with Crippen LogP contribution >= 0.6 is 11.6 Å². The average molecular weight is 463 g/mol. The Balaban J connectivity index is 1.21. The van der Waals surface area contributed by atoms with Gasteiger partial charge in [0.05, 0.1) is 0 Å². The van der Waals surface area contributed by atoms with Gasteiger partial charge in [-0.05, 0) is 68.1 Å². The number of halogens is 1. The summed E-state index contributed by atoms with van der Waals surface area (Å²) in [6, 6.07) is 10.4. The molecule has 2 aliphatic heterocycles. The highest BCUT2D eigenvalue weighted by molar-refractivity contribution is 6.30. The Morgan fingerprint density at radius 3 is 2.55 bits per heavy atom. The third-order valence-electron chi connectivity index (χ3n) is 8.00. The third kappa shape index (κ3) is 4.14. The molecule has 2 fully saturated rings. The van der Waals surface area contributed by atoms with Crippen LogP contribution in [0.25, 0.3) is 0 Å². The number of aryl methyl sites for hydroxylation is 2. The normalized spacial score (nSPS) is 26.8. The fourth-order valence-corrected chi connectivity index (χ4v) is 6.47. The Bertz CT molecular complexity index is 1110. The molecule has 2 bridgehead atoms. The van der Waals surface area contributed by atoms with Crippen LogP contribution in [-0.2, 0) is 13.0 Å². The van der Waals surface area contributed by atoms with Crippen molar-refractivity contribution in [3.05, 3.63) is 64.6 Å². The van der Waals surface area contributed by atoms with Crippen molar-refractivity contribution in [3.63, 3.8) is 0 Å². The molecule has 1 unspecified atom stereocenters. The van der Waals surface area contributed by atoms with Crippen LogP contribution in [0, 0.1) is 24.7 Å². The molecule has 4 heterocycles. The van der Waals surface area contributed by atoms with Crippen LogP contribution in [0.4, 0.5) is 5.82 Å². The molecule has 4 atom stereocenters. The molecule has 3 aliphatic rings. The van der Waals surface area contributed by atoms with Gasteiger partial charge in [0.2, 0.25) is 0 Å². The van der Waals surface area contributed by atoms with E-state index in [9.17, 15) is 0 Å². The first-order valence-corrected chi connectivity index (χ1v) is 12.7. The lowest BCUT2D eigenvalue weighted by molar-refractivity contribution is 0.264. The predicted molar refractivity (Wildman–Crippen MR) is 130 cm³/mol. The third-order valence-corrected chi connectivity index (χ3v) is 8.25. The standard InChI is InChI=1S/C26H31ClN6/c1-17-12-25(29-16-28-17)32-14-19-5-6-20(15-32)23(19)13-24-30-26-22(4-2-3-11-33(26)31-24)18-7-9-21(27)10-8-18/h7-10,12,16,19-20,22-23H,2-6,11,13-15H2,1H3/t19-,20+,22-,23?/m1/s1. The molecule has 1 aromatic carbocycles. The molecule has 0 amide bonds. The molecule has 2 aromatic heterocycles. The predicted octanol–water partition coefficient (Wildman–Crippen LogP) is 5.05. The molecule has 7 heteroatoms. The molecule has 3 aromatic rings. The number of hydrogen-bond donors (Lipinski definition) is 0. The van der Waals surface area contributed by atoms with Crippen molar-refractivity contribution in [1.82, 2.24) is 24.7 Å². The molecular weight excluding hydrogens is 432 g/mol. The number of aromatic nitrogens is 5. The van der Waals surface area contributed by atoms with Gasteiger partial charge in [0, 0.05) is 48.8 Å². The SMILES string of the molecule is Cc1cc(N2C[C@H]3CC[C@@H](C2)C3Cc2nc3n(n2)CCCC[C@@H]3c2ccc(Cl)cc2)ncn1. The molecular formula is C26H31ClN6. The van der Waals surface area contributed by atoms with E-state index in [2.05, 4.69) is 37.7 Å². The highest BCUT2D eigenvalue weighted by atomic mass is 35.5. The van der Waals surface area contributed by atoms with Crippen LogP contribution in [0.15, 0.2) is 36.7 Å². The van der Waals surface area contributed by atoms with Crippen LogP contribution < -0.4 is 4.90 Å². The number of piperidine rings is 1. The largest absolute Gasteiger partial charge is 0.356 e. The van der Waals surface area contributed by atoms with E-state index in [-0.39, 0.29) is 0 Å². The van der Waals surface area contributed by atoms with Gasteiger partial charge in [-0.1, -0.05) is 30.2 Å². The van der Waals surface area contributed by atoms with Gasteiger partial charge in [0.15, 0.2) is 5.82 Å². The summed E-state index contributed by atoms with van der Waals surface area (Å²) in [6.07, 6.45) is 8.80. The van der Waals surface area contributed by atoms with Gasteiger partial charge in [-0.3, -0.25) is 0 Å². The quantitative estimate of drug-likeness (QED) is 0.543. The summed E-state index contributed by atoms with van der Waals surface area (Å²) in [7, 11) is 0. The van der Waals surface area contributed by atoms with Crippen molar-refractivity contribution in [2.45, 2.75) is 57.9 Å². The summed E-state index contributed by atoms with van der Waals surface area (Å²) in [5.41, 5.74) is 2.34. The summed E-state index contributed by atoms with van der Waals surface area (Å²) in [5.74, 6) is 5.62. The summed E-state index contributed by atoms with van der Waals surface area (Å²) in [4.78, 5) is 16.4. The highest BCUT2D eigenvalue weighted by Crippen LogP contribution is 2.44. The molecule has 1 saturated carbocycles. The summed E-state index contributed by atoms with van der Waals surface area (Å²) in [5, 5.41) is 5.81. The van der Waals surface area contributed by atoms with E-state index in [0.717, 1.165) is 60.7 Å². The number of nitrogens with zero attached hydrogens (tertiary/aromatic N) is 6. The first-order chi connectivity index (χ1) is 16.1. The van der Waals surface area contributed by atoms with E-state index in [1.165, 1.54) is 31.2 Å². The van der Waals surface area contributed by atoms with E-state index in [1.807, 2.05) is 19.1 Å². The molecule has 6 rings (SSSR count). The van der Waals surface area contributed by atoms with Gasteiger partial charge in [-0.2, -0.15) is 5.10 Å². The zero-order valence-corrected chi connectivity index (χ0v) is 20.0. The zero-order valence-electron chi connectivity index (χ0n) is 19.2. The Hall–Kier alpha value is -2.47. The number of benzene rings is 1. The van der Waals surface area contributed by atoms with Crippen LogP contribution in [0.2, 0.25) is 5.02 Å². The minimum absolute atomic E-state index is 0.311.